The van der Waals surface area contributed by atoms with E-state index in [1.807, 2.05) is 24.3 Å². The number of hydrogen-bond acceptors (Lipinski definition) is 2. The van der Waals surface area contributed by atoms with Crippen molar-refractivity contribution >= 4 is 29.0 Å². The first-order valence-electron chi connectivity index (χ1n) is 8.87. The number of benzene rings is 2. The van der Waals surface area contributed by atoms with Crippen molar-refractivity contribution in [2.24, 2.45) is 0 Å². The number of ketones is 1. The van der Waals surface area contributed by atoms with Crippen LogP contribution in [-0.4, -0.2) is 12.3 Å². The van der Waals surface area contributed by atoms with Crippen molar-refractivity contribution in [3.8, 4) is 0 Å². The van der Waals surface area contributed by atoms with Crippen molar-refractivity contribution in [2.45, 2.75) is 45.1 Å². The van der Waals surface area contributed by atoms with Crippen molar-refractivity contribution in [3.63, 3.8) is 0 Å². The number of halogens is 2. The van der Waals surface area contributed by atoms with Gasteiger partial charge in [0.25, 0.3) is 0 Å². The first kappa shape index (κ1) is 20.0. The average molecular weight is 378 g/mol. The predicted molar refractivity (Wildman–Crippen MR) is 107 cm³/mol. The Kier molecular flexibility index (Phi) is 8.47. The minimum absolute atomic E-state index is 0.0120. The van der Waals surface area contributed by atoms with Gasteiger partial charge in [-0.15, -0.1) is 0 Å². The molecule has 0 saturated carbocycles. The first-order valence-corrected chi connectivity index (χ1v) is 9.63. The van der Waals surface area contributed by atoms with Crippen LogP contribution in [0.2, 0.25) is 10.0 Å². The van der Waals surface area contributed by atoms with Gasteiger partial charge in [-0.25, -0.2) is 0 Å². The Balaban J connectivity index is 2.03. The molecule has 2 nitrogen and oxygen atoms in total. The summed E-state index contributed by atoms with van der Waals surface area (Å²) in [5, 5.41) is 4.88. The molecule has 1 N–H and O–H groups in total. The molecule has 2 rings (SSSR count). The molecule has 0 aliphatic rings. The van der Waals surface area contributed by atoms with Gasteiger partial charge >= 0.3 is 0 Å². The maximum absolute atomic E-state index is 12.6. The zero-order valence-corrected chi connectivity index (χ0v) is 16.1. The van der Waals surface area contributed by atoms with Gasteiger partial charge in [-0.2, -0.15) is 0 Å². The van der Waals surface area contributed by atoms with E-state index in [1.54, 1.807) is 24.3 Å². The smallest absolute Gasteiger partial charge is 0.164 e. The zero-order valence-electron chi connectivity index (χ0n) is 14.6. The van der Waals surface area contributed by atoms with E-state index in [2.05, 4.69) is 12.2 Å². The van der Waals surface area contributed by atoms with Crippen LogP contribution in [0.15, 0.2) is 48.5 Å². The third-order valence-electron chi connectivity index (χ3n) is 4.25. The fraction of sp³-hybridized carbons (Fsp3) is 0.381. The molecule has 0 aliphatic heterocycles. The summed E-state index contributed by atoms with van der Waals surface area (Å²) < 4.78 is 0. The van der Waals surface area contributed by atoms with Crippen LogP contribution in [0, 0.1) is 0 Å². The summed E-state index contributed by atoms with van der Waals surface area (Å²) in [6.45, 7) is 3.11. The standard InChI is InChI=1S/C21H25Cl2NO/c1-2-3-4-5-14-24-20(16-6-10-18(22)11-7-16)15-21(25)17-8-12-19(23)13-9-17/h6-13,20,24H,2-5,14-15H2,1H3. The molecule has 0 heterocycles. The number of unbranched alkanes of at least 4 members (excludes halogenated alkanes) is 3. The molecule has 0 aromatic heterocycles. The summed E-state index contributed by atoms with van der Waals surface area (Å²) in [6, 6.07) is 14.8. The average Bonchev–Trinajstić information content (AvgIpc) is 2.61. The quantitative estimate of drug-likeness (QED) is 0.379. The molecule has 25 heavy (non-hydrogen) atoms. The number of rotatable bonds is 10. The van der Waals surface area contributed by atoms with Gasteiger partial charge < -0.3 is 5.32 Å². The summed E-state index contributed by atoms with van der Waals surface area (Å²) in [6.07, 6.45) is 5.21. The molecule has 0 aliphatic carbocycles. The maximum Gasteiger partial charge on any atom is 0.164 e. The van der Waals surface area contributed by atoms with Gasteiger partial charge in [0.15, 0.2) is 5.78 Å². The SMILES string of the molecule is CCCCCCNC(CC(=O)c1ccc(Cl)cc1)c1ccc(Cl)cc1. The third-order valence-corrected chi connectivity index (χ3v) is 4.75. The number of carbonyl (C=O) groups is 1. The molecule has 4 heteroatoms. The molecule has 0 fully saturated rings. The first-order chi connectivity index (χ1) is 12.1. The number of nitrogens with one attached hydrogen (secondary N) is 1. The molecule has 0 saturated heterocycles. The molecule has 0 amide bonds. The van der Waals surface area contributed by atoms with E-state index < -0.39 is 0 Å². The van der Waals surface area contributed by atoms with Crippen LogP contribution in [-0.2, 0) is 0 Å². The third kappa shape index (κ3) is 6.81. The molecule has 0 bridgehead atoms. The molecule has 1 unspecified atom stereocenters. The van der Waals surface area contributed by atoms with E-state index in [4.69, 9.17) is 23.2 Å². The van der Waals surface area contributed by atoms with E-state index in [-0.39, 0.29) is 11.8 Å². The normalized spacial score (nSPS) is 12.1. The summed E-state index contributed by atoms with van der Waals surface area (Å²) in [4.78, 5) is 12.6. The molecule has 0 spiro atoms. The summed E-state index contributed by atoms with van der Waals surface area (Å²) in [5.74, 6) is 0.109. The fourth-order valence-corrected chi connectivity index (χ4v) is 3.02. The highest BCUT2D eigenvalue weighted by Gasteiger charge is 2.17. The number of Topliss-reactive ketones (excluding diaryl/α,β-unsaturated/α-hetero) is 1. The van der Waals surface area contributed by atoms with Crippen LogP contribution in [0.4, 0.5) is 0 Å². The molecule has 134 valence electrons. The van der Waals surface area contributed by atoms with Crippen molar-refractivity contribution in [1.82, 2.24) is 5.32 Å². The Morgan fingerprint density at radius 3 is 2.12 bits per heavy atom. The van der Waals surface area contributed by atoms with Crippen LogP contribution >= 0.6 is 23.2 Å². The lowest BCUT2D eigenvalue weighted by atomic mass is 9.97. The van der Waals surface area contributed by atoms with E-state index in [1.165, 1.54) is 19.3 Å². The zero-order chi connectivity index (χ0) is 18.1. The minimum Gasteiger partial charge on any atom is -0.310 e. The Hall–Kier alpha value is -1.35. The minimum atomic E-state index is -0.0120. The van der Waals surface area contributed by atoms with Gasteiger partial charge in [-0.3, -0.25) is 4.79 Å². The van der Waals surface area contributed by atoms with E-state index in [0.29, 0.717) is 22.0 Å². The summed E-state index contributed by atoms with van der Waals surface area (Å²) in [7, 11) is 0. The topological polar surface area (TPSA) is 29.1 Å². The second-order valence-electron chi connectivity index (χ2n) is 6.25. The predicted octanol–water partition coefficient (Wildman–Crippen LogP) is 6.48. The summed E-state index contributed by atoms with van der Waals surface area (Å²) >= 11 is 11.9. The van der Waals surface area contributed by atoms with E-state index in [0.717, 1.165) is 18.5 Å². The molecule has 0 radical (unpaired) electrons. The molecular weight excluding hydrogens is 353 g/mol. The van der Waals surface area contributed by atoms with Gasteiger partial charge in [0.1, 0.15) is 0 Å². The van der Waals surface area contributed by atoms with Gasteiger partial charge in [0, 0.05) is 28.1 Å². The monoisotopic (exact) mass is 377 g/mol. The van der Waals surface area contributed by atoms with Crippen LogP contribution in [0.25, 0.3) is 0 Å². The Labute approximate surface area is 160 Å². The van der Waals surface area contributed by atoms with Crippen molar-refractivity contribution < 1.29 is 4.79 Å². The second kappa shape index (κ2) is 10.6. The van der Waals surface area contributed by atoms with Gasteiger partial charge in [0.05, 0.1) is 0 Å². The van der Waals surface area contributed by atoms with E-state index in [9.17, 15) is 4.79 Å². The molecular formula is C21H25Cl2NO. The lowest BCUT2D eigenvalue weighted by molar-refractivity contribution is 0.0968. The second-order valence-corrected chi connectivity index (χ2v) is 7.13. The summed E-state index contributed by atoms with van der Waals surface area (Å²) in [5.41, 5.74) is 1.78. The molecule has 2 aromatic carbocycles. The highest BCUT2D eigenvalue weighted by molar-refractivity contribution is 6.30. The Morgan fingerprint density at radius 2 is 1.52 bits per heavy atom. The van der Waals surface area contributed by atoms with Crippen LogP contribution in [0.5, 0.6) is 0 Å². The lowest BCUT2D eigenvalue weighted by Crippen LogP contribution is -2.25. The lowest BCUT2D eigenvalue weighted by Gasteiger charge is -2.19. The molecule has 2 aromatic rings. The van der Waals surface area contributed by atoms with Crippen molar-refractivity contribution in [3.05, 3.63) is 69.7 Å². The Bertz CT molecular complexity index is 653. The maximum atomic E-state index is 12.6. The Morgan fingerprint density at radius 1 is 0.920 bits per heavy atom. The van der Waals surface area contributed by atoms with Crippen LogP contribution < -0.4 is 5.32 Å². The largest absolute Gasteiger partial charge is 0.310 e. The van der Waals surface area contributed by atoms with E-state index >= 15 is 0 Å². The van der Waals surface area contributed by atoms with Crippen LogP contribution in [0.3, 0.4) is 0 Å². The fourth-order valence-electron chi connectivity index (χ4n) is 2.77. The van der Waals surface area contributed by atoms with Gasteiger partial charge in [0.2, 0.25) is 0 Å². The molecule has 1 atom stereocenters. The highest BCUT2D eigenvalue weighted by atomic mass is 35.5. The van der Waals surface area contributed by atoms with Gasteiger partial charge in [-0.05, 0) is 54.9 Å². The highest BCUT2D eigenvalue weighted by Crippen LogP contribution is 2.22. The van der Waals surface area contributed by atoms with Gasteiger partial charge in [-0.1, -0.05) is 61.5 Å². The number of carbonyl (C=O) groups excluding carboxylic acids is 1. The van der Waals surface area contributed by atoms with Crippen molar-refractivity contribution in [1.29, 1.82) is 0 Å². The van der Waals surface area contributed by atoms with Crippen molar-refractivity contribution in [2.75, 3.05) is 6.54 Å². The van der Waals surface area contributed by atoms with Crippen LogP contribution in [0.1, 0.15) is 61.0 Å². The number of hydrogen-bond donors (Lipinski definition) is 1.